The quantitative estimate of drug-likeness (QED) is 0.223. The summed E-state index contributed by atoms with van der Waals surface area (Å²) in [7, 11) is 0. The van der Waals surface area contributed by atoms with Crippen LogP contribution in [0.1, 0.15) is 83.3 Å². The summed E-state index contributed by atoms with van der Waals surface area (Å²) in [5, 5.41) is 1.49. The van der Waals surface area contributed by atoms with E-state index in [-0.39, 0.29) is 5.41 Å². The summed E-state index contributed by atoms with van der Waals surface area (Å²) in [6.07, 6.45) is 10.0. The summed E-state index contributed by atoms with van der Waals surface area (Å²) >= 11 is 6.27. The molecule has 0 saturated heterocycles. The number of rotatable bonds is 9. The fourth-order valence-electron chi connectivity index (χ4n) is 5.49. The lowest BCUT2D eigenvalue weighted by Gasteiger charge is -2.32. The second-order valence-corrected chi connectivity index (χ2v) is 11.0. The number of hydrogen-bond acceptors (Lipinski definition) is 0. The predicted molar refractivity (Wildman–Crippen MR) is 143 cm³/mol. The molecule has 3 heteroatoms. The van der Waals surface area contributed by atoms with E-state index < -0.39 is 0 Å². The molecule has 1 nitrogen and oxygen atoms in total. The van der Waals surface area contributed by atoms with Crippen molar-refractivity contribution in [2.24, 2.45) is 0 Å². The van der Waals surface area contributed by atoms with E-state index in [1.807, 2.05) is 0 Å². The van der Waals surface area contributed by atoms with Crippen LogP contribution >= 0.6 is 38.5 Å². The minimum Gasteiger partial charge on any atom is -0.340 e. The molecule has 0 N–H and O–H groups in total. The Morgan fingerprint density at radius 1 is 0.900 bits per heavy atom. The summed E-state index contributed by atoms with van der Waals surface area (Å²) in [5.74, 6) is 0. The molecule has 1 aromatic heterocycles. The van der Waals surface area contributed by atoms with Crippen molar-refractivity contribution in [3.8, 4) is 11.3 Å². The molecule has 0 bridgehead atoms. The van der Waals surface area contributed by atoms with Gasteiger partial charge in [0, 0.05) is 36.5 Å². The number of nitrogens with zero attached hydrogens (tertiary/aromatic N) is 1. The van der Waals surface area contributed by atoms with Gasteiger partial charge in [0.1, 0.15) is 0 Å². The standard InChI is InChI=1S/C27H33BrIN/c1-4-7-14-27(15-8-5-2)23-17-19(28)10-12-21(23)26-25(27)22-13-11-20(29)18-24(22)30(26)16-9-6-3/h10-13,17-18H,4-9,14-16H2,1-3H3. The molecule has 1 aliphatic rings. The molecule has 0 unspecified atom stereocenters. The summed E-state index contributed by atoms with van der Waals surface area (Å²) in [6, 6.07) is 14.2. The second kappa shape index (κ2) is 9.36. The Balaban J connectivity index is 2.07. The van der Waals surface area contributed by atoms with E-state index in [1.165, 1.54) is 81.6 Å². The molecular formula is C27H33BrIN. The zero-order valence-electron chi connectivity index (χ0n) is 18.5. The Morgan fingerprint density at radius 3 is 2.27 bits per heavy atom. The molecule has 0 radical (unpaired) electrons. The molecule has 0 fully saturated rings. The smallest absolute Gasteiger partial charge is 0.0536 e. The van der Waals surface area contributed by atoms with Crippen molar-refractivity contribution in [3.05, 3.63) is 55.6 Å². The van der Waals surface area contributed by atoms with Crippen molar-refractivity contribution in [1.29, 1.82) is 0 Å². The van der Waals surface area contributed by atoms with Gasteiger partial charge in [0.15, 0.2) is 0 Å². The normalized spacial score (nSPS) is 14.3. The van der Waals surface area contributed by atoms with E-state index in [2.05, 4.69) is 100 Å². The first-order chi connectivity index (χ1) is 14.6. The number of unbranched alkanes of at least 4 members (excludes halogenated alkanes) is 3. The highest BCUT2D eigenvalue weighted by atomic mass is 127. The van der Waals surface area contributed by atoms with Crippen LogP contribution in [0.3, 0.4) is 0 Å². The average molecular weight is 578 g/mol. The summed E-state index contributed by atoms with van der Waals surface area (Å²) in [6.45, 7) is 8.07. The van der Waals surface area contributed by atoms with E-state index >= 15 is 0 Å². The highest BCUT2D eigenvalue weighted by Gasteiger charge is 2.45. The summed E-state index contributed by atoms with van der Waals surface area (Å²) < 4.78 is 5.20. The Morgan fingerprint density at radius 2 is 1.60 bits per heavy atom. The topological polar surface area (TPSA) is 4.93 Å². The van der Waals surface area contributed by atoms with Crippen LogP contribution in [0.25, 0.3) is 22.2 Å². The van der Waals surface area contributed by atoms with Crippen LogP contribution in [0.2, 0.25) is 0 Å². The largest absolute Gasteiger partial charge is 0.340 e. The van der Waals surface area contributed by atoms with Crippen molar-refractivity contribution in [1.82, 2.24) is 4.57 Å². The molecule has 30 heavy (non-hydrogen) atoms. The Bertz CT molecular complexity index is 1040. The lowest BCUT2D eigenvalue weighted by atomic mass is 9.70. The van der Waals surface area contributed by atoms with Crippen molar-refractivity contribution in [3.63, 3.8) is 0 Å². The molecule has 2 aromatic carbocycles. The van der Waals surface area contributed by atoms with Gasteiger partial charge in [-0.2, -0.15) is 0 Å². The summed E-state index contributed by atoms with van der Waals surface area (Å²) in [5.41, 5.74) is 7.75. The van der Waals surface area contributed by atoms with Gasteiger partial charge >= 0.3 is 0 Å². The minimum absolute atomic E-state index is 0.142. The molecule has 0 spiro atoms. The van der Waals surface area contributed by atoms with Gasteiger partial charge < -0.3 is 4.57 Å². The highest BCUT2D eigenvalue weighted by Crippen LogP contribution is 2.58. The van der Waals surface area contributed by atoms with Crippen LogP contribution in [0.15, 0.2) is 40.9 Å². The van der Waals surface area contributed by atoms with Crippen LogP contribution < -0.4 is 0 Å². The van der Waals surface area contributed by atoms with Crippen LogP contribution in [-0.4, -0.2) is 4.57 Å². The Kier molecular flexibility index (Phi) is 6.98. The predicted octanol–water partition coefficient (Wildman–Crippen LogP) is 9.46. The molecule has 0 amide bonds. The number of aromatic nitrogens is 1. The van der Waals surface area contributed by atoms with Gasteiger partial charge in [-0.1, -0.05) is 80.9 Å². The third-order valence-corrected chi connectivity index (χ3v) is 8.07. The number of aryl methyl sites for hydroxylation is 1. The fourth-order valence-corrected chi connectivity index (χ4v) is 6.33. The molecule has 0 saturated carbocycles. The zero-order valence-corrected chi connectivity index (χ0v) is 22.3. The zero-order chi connectivity index (χ0) is 21.3. The SMILES string of the molecule is CCCCn1c2c(c3ccc(I)cc31)C(CCCC)(CCCC)c1cc(Br)ccc1-2. The van der Waals surface area contributed by atoms with Gasteiger partial charge in [-0.3, -0.25) is 0 Å². The van der Waals surface area contributed by atoms with E-state index in [1.54, 1.807) is 11.1 Å². The van der Waals surface area contributed by atoms with Crippen molar-refractivity contribution in [2.75, 3.05) is 0 Å². The van der Waals surface area contributed by atoms with E-state index in [0.717, 1.165) is 6.54 Å². The maximum Gasteiger partial charge on any atom is 0.0536 e. The van der Waals surface area contributed by atoms with Crippen molar-refractivity contribution >= 4 is 49.4 Å². The molecule has 0 aliphatic heterocycles. The molecule has 4 rings (SSSR count). The number of hydrogen-bond donors (Lipinski definition) is 0. The monoisotopic (exact) mass is 577 g/mol. The first-order valence-electron chi connectivity index (χ1n) is 11.7. The Hall–Kier alpha value is -0.810. The molecule has 1 aliphatic carbocycles. The molecule has 0 atom stereocenters. The molecule has 160 valence electrons. The molecule has 3 aromatic rings. The van der Waals surface area contributed by atoms with Crippen LogP contribution in [-0.2, 0) is 12.0 Å². The van der Waals surface area contributed by atoms with E-state index in [0.29, 0.717) is 0 Å². The lowest BCUT2D eigenvalue weighted by molar-refractivity contribution is 0.417. The van der Waals surface area contributed by atoms with Gasteiger partial charge in [0.2, 0.25) is 0 Å². The second-order valence-electron chi connectivity index (χ2n) is 8.87. The first kappa shape index (κ1) is 22.4. The maximum atomic E-state index is 3.80. The lowest BCUT2D eigenvalue weighted by Crippen LogP contribution is -2.25. The van der Waals surface area contributed by atoms with Gasteiger partial charge in [0.25, 0.3) is 0 Å². The van der Waals surface area contributed by atoms with Crippen molar-refractivity contribution in [2.45, 2.75) is 84.1 Å². The molecular weight excluding hydrogens is 545 g/mol. The van der Waals surface area contributed by atoms with Gasteiger partial charge in [-0.25, -0.2) is 0 Å². The maximum absolute atomic E-state index is 3.80. The van der Waals surface area contributed by atoms with E-state index in [9.17, 15) is 0 Å². The van der Waals surface area contributed by atoms with Crippen LogP contribution in [0, 0.1) is 3.57 Å². The van der Waals surface area contributed by atoms with E-state index in [4.69, 9.17) is 0 Å². The minimum atomic E-state index is 0.142. The van der Waals surface area contributed by atoms with Crippen LogP contribution in [0.5, 0.6) is 0 Å². The number of fused-ring (bicyclic) bond motifs is 5. The number of benzene rings is 2. The summed E-state index contributed by atoms with van der Waals surface area (Å²) in [4.78, 5) is 0. The molecule has 1 heterocycles. The van der Waals surface area contributed by atoms with Crippen molar-refractivity contribution < 1.29 is 0 Å². The number of halogens is 2. The Labute approximate surface area is 203 Å². The average Bonchev–Trinajstić information content (AvgIpc) is 3.20. The van der Waals surface area contributed by atoms with Gasteiger partial charge in [-0.05, 0) is 77.2 Å². The fraction of sp³-hybridized carbons (Fsp3) is 0.481. The first-order valence-corrected chi connectivity index (χ1v) is 13.6. The third kappa shape index (κ3) is 3.68. The van der Waals surface area contributed by atoms with Crippen LogP contribution in [0.4, 0.5) is 0 Å². The van der Waals surface area contributed by atoms with Gasteiger partial charge in [-0.15, -0.1) is 0 Å². The van der Waals surface area contributed by atoms with Gasteiger partial charge in [0.05, 0.1) is 5.69 Å². The highest BCUT2D eigenvalue weighted by molar-refractivity contribution is 14.1. The third-order valence-electron chi connectivity index (χ3n) is 6.91.